The molecule has 0 aliphatic carbocycles. The second kappa shape index (κ2) is 9.43. The van der Waals surface area contributed by atoms with Gasteiger partial charge < -0.3 is 10.2 Å². The van der Waals surface area contributed by atoms with Gasteiger partial charge in [-0.1, -0.05) is 38.1 Å². The molecular weight excluding hydrogens is 316 g/mol. The zero-order valence-corrected chi connectivity index (χ0v) is 15.3. The standard InChI is InChI=1S/C17H26N2OS.ClH/c1-4-14-5-7-15(8-6-14)16-11-18-9-10-19(16)17(20)13(2)12-21-3;/h5-8,13,16,18H,4,9-12H2,1-3H3;1H. The van der Waals surface area contributed by atoms with Gasteiger partial charge in [0.05, 0.1) is 6.04 Å². The number of hydrogen-bond acceptors (Lipinski definition) is 3. The minimum absolute atomic E-state index is 0. The van der Waals surface area contributed by atoms with Crippen LogP contribution in [-0.2, 0) is 11.2 Å². The number of aryl methyl sites for hydroxylation is 1. The molecule has 1 saturated heterocycles. The Labute approximate surface area is 144 Å². The highest BCUT2D eigenvalue weighted by atomic mass is 35.5. The summed E-state index contributed by atoms with van der Waals surface area (Å²) in [6, 6.07) is 8.88. The first-order valence-electron chi connectivity index (χ1n) is 7.76. The van der Waals surface area contributed by atoms with Crippen molar-refractivity contribution in [1.29, 1.82) is 0 Å². The van der Waals surface area contributed by atoms with Crippen molar-refractivity contribution < 1.29 is 4.79 Å². The fourth-order valence-corrected chi connectivity index (χ4v) is 3.49. The molecule has 1 aromatic rings. The molecule has 5 heteroatoms. The second-order valence-electron chi connectivity index (χ2n) is 5.70. The predicted molar refractivity (Wildman–Crippen MR) is 97.9 cm³/mol. The summed E-state index contributed by atoms with van der Waals surface area (Å²) >= 11 is 1.74. The van der Waals surface area contributed by atoms with Gasteiger partial charge in [-0.25, -0.2) is 0 Å². The molecule has 1 amide bonds. The number of carbonyl (C=O) groups is 1. The van der Waals surface area contributed by atoms with E-state index in [-0.39, 0.29) is 30.3 Å². The number of nitrogens with zero attached hydrogens (tertiary/aromatic N) is 1. The van der Waals surface area contributed by atoms with E-state index in [1.807, 2.05) is 6.92 Å². The van der Waals surface area contributed by atoms with E-state index in [2.05, 4.69) is 47.7 Å². The Morgan fingerprint density at radius 3 is 2.68 bits per heavy atom. The van der Waals surface area contributed by atoms with Crippen molar-refractivity contribution in [2.75, 3.05) is 31.6 Å². The fourth-order valence-electron chi connectivity index (χ4n) is 2.85. The van der Waals surface area contributed by atoms with Crippen LogP contribution in [0.4, 0.5) is 0 Å². The molecule has 0 radical (unpaired) electrons. The monoisotopic (exact) mass is 342 g/mol. The maximum absolute atomic E-state index is 12.7. The Bertz CT molecular complexity index is 466. The lowest BCUT2D eigenvalue weighted by atomic mass is 9.99. The molecule has 1 aliphatic rings. The van der Waals surface area contributed by atoms with Crippen molar-refractivity contribution in [3.63, 3.8) is 0 Å². The molecule has 1 fully saturated rings. The lowest BCUT2D eigenvalue weighted by molar-refractivity contribution is -0.137. The number of carbonyl (C=O) groups excluding carboxylic acids is 1. The molecule has 22 heavy (non-hydrogen) atoms. The highest BCUT2D eigenvalue weighted by Crippen LogP contribution is 2.25. The van der Waals surface area contributed by atoms with Gasteiger partial charge in [-0.05, 0) is 23.8 Å². The maximum Gasteiger partial charge on any atom is 0.226 e. The molecule has 0 spiro atoms. The van der Waals surface area contributed by atoms with Crippen molar-refractivity contribution in [1.82, 2.24) is 10.2 Å². The Morgan fingerprint density at radius 1 is 1.41 bits per heavy atom. The van der Waals surface area contributed by atoms with Crippen molar-refractivity contribution in [3.8, 4) is 0 Å². The number of halogens is 1. The van der Waals surface area contributed by atoms with Gasteiger partial charge in [0.2, 0.25) is 5.91 Å². The van der Waals surface area contributed by atoms with Crippen LogP contribution in [0.25, 0.3) is 0 Å². The van der Waals surface area contributed by atoms with Crippen LogP contribution in [-0.4, -0.2) is 42.4 Å². The Hall–Kier alpha value is -0.710. The molecule has 2 rings (SSSR count). The number of amides is 1. The molecule has 2 unspecified atom stereocenters. The molecule has 0 bridgehead atoms. The molecular formula is C17H27ClN2OS. The highest BCUT2D eigenvalue weighted by molar-refractivity contribution is 7.98. The minimum atomic E-state index is 0. The third kappa shape index (κ3) is 4.64. The average molecular weight is 343 g/mol. The zero-order valence-electron chi connectivity index (χ0n) is 13.7. The van der Waals surface area contributed by atoms with Crippen LogP contribution in [0.2, 0.25) is 0 Å². The molecule has 3 nitrogen and oxygen atoms in total. The van der Waals surface area contributed by atoms with Crippen LogP contribution in [0.1, 0.15) is 31.0 Å². The Kier molecular flexibility index (Phi) is 8.29. The van der Waals surface area contributed by atoms with Gasteiger partial charge in [0.1, 0.15) is 0 Å². The first-order chi connectivity index (χ1) is 10.2. The fraction of sp³-hybridized carbons (Fsp3) is 0.588. The van der Waals surface area contributed by atoms with E-state index in [1.165, 1.54) is 11.1 Å². The Morgan fingerprint density at radius 2 is 2.09 bits per heavy atom. The van der Waals surface area contributed by atoms with Crippen molar-refractivity contribution in [3.05, 3.63) is 35.4 Å². The number of piperazine rings is 1. The molecule has 2 atom stereocenters. The molecule has 1 aliphatic heterocycles. The van der Waals surface area contributed by atoms with Crippen LogP contribution < -0.4 is 5.32 Å². The minimum Gasteiger partial charge on any atom is -0.333 e. The van der Waals surface area contributed by atoms with Gasteiger partial charge >= 0.3 is 0 Å². The van der Waals surface area contributed by atoms with Crippen molar-refractivity contribution in [2.24, 2.45) is 5.92 Å². The normalized spacial score (nSPS) is 19.4. The van der Waals surface area contributed by atoms with Crippen LogP contribution in [0.5, 0.6) is 0 Å². The lowest BCUT2D eigenvalue weighted by Crippen LogP contribution is -2.50. The van der Waals surface area contributed by atoms with Gasteiger partial charge in [-0.15, -0.1) is 12.4 Å². The number of nitrogens with one attached hydrogen (secondary N) is 1. The summed E-state index contributed by atoms with van der Waals surface area (Å²) in [6.45, 7) is 6.75. The predicted octanol–water partition coefficient (Wildman–Crippen LogP) is 3.14. The van der Waals surface area contributed by atoms with Crippen molar-refractivity contribution in [2.45, 2.75) is 26.3 Å². The zero-order chi connectivity index (χ0) is 15.2. The largest absolute Gasteiger partial charge is 0.333 e. The first kappa shape index (κ1) is 19.3. The average Bonchev–Trinajstić information content (AvgIpc) is 2.54. The molecule has 0 saturated carbocycles. The summed E-state index contributed by atoms with van der Waals surface area (Å²) in [6.07, 6.45) is 3.11. The summed E-state index contributed by atoms with van der Waals surface area (Å²) in [5.74, 6) is 1.27. The maximum atomic E-state index is 12.7. The quantitative estimate of drug-likeness (QED) is 0.892. The molecule has 1 aromatic carbocycles. The van der Waals surface area contributed by atoms with Gasteiger partial charge in [-0.2, -0.15) is 11.8 Å². The molecule has 1 N–H and O–H groups in total. The van der Waals surface area contributed by atoms with E-state index >= 15 is 0 Å². The summed E-state index contributed by atoms with van der Waals surface area (Å²) < 4.78 is 0. The summed E-state index contributed by atoms with van der Waals surface area (Å²) in [5, 5.41) is 3.42. The summed E-state index contributed by atoms with van der Waals surface area (Å²) in [7, 11) is 0. The van der Waals surface area contributed by atoms with Gasteiger partial charge in [0.25, 0.3) is 0 Å². The van der Waals surface area contributed by atoms with Crippen molar-refractivity contribution >= 4 is 30.1 Å². The summed E-state index contributed by atoms with van der Waals surface area (Å²) in [5.41, 5.74) is 2.58. The number of benzene rings is 1. The van der Waals surface area contributed by atoms with E-state index in [9.17, 15) is 4.79 Å². The van der Waals surface area contributed by atoms with Crippen LogP contribution in [0.3, 0.4) is 0 Å². The number of hydrogen-bond donors (Lipinski definition) is 1. The number of rotatable bonds is 5. The Balaban J connectivity index is 0.00000242. The third-order valence-electron chi connectivity index (χ3n) is 4.14. The topological polar surface area (TPSA) is 32.3 Å². The van der Waals surface area contributed by atoms with Gasteiger partial charge in [0, 0.05) is 31.3 Å². The SMILES string of the molecule is CCc1ccc(C2CNCCN2C(=O)C(C)CSC)cc1.Cl. The van der Waals surface area contributed by atoms with E-state index in [4.69, 9.17) is 0 Å². The molecule has 124 valence electrons. The molecule has 0 aromatic heterocycles. The van der Waals surface area contributed by atoms with Gasteiger partial charge in [0.15, 0.2) is 0 Å². The third-order valence-corrected chi connectivity index (χ3v) is 4.97. The van der Waals surface area contributed by atoms with Gasteiger partial charge in [-0.3, -0.25) is 4.79 Å². The van der Waals surface area contributed by atoms with Crippen LogP contribution >= 0.6 is 24.2 Å². The van der Waals surface area contributed by atoms with E-state index in [1.54, 1.807) is 11.8 Å². The summed E-state index contributed by atoms with van der Waals surface area (Å²) in [4.78, 5) is 14.7. The number of thioether (sulfide) groups is 1. The smallest absolute Gasteiger partial charge is 0.226 e. The van der Waals surface area contributed by atoms with Crippen LogP contribution in [0.15, 0.2) is 24.3 Å². The second-order valence-corrected chi connectivity index (χ2v) is 6.61. The highest BCUT2D eigenvalue weighted by Gasteiger charge is 2.30. The lowest BCUT2D eigenvalue weighted by Gasteiger charge is -2.38. The first-order valence-corrected chi connectivity index (χ1v) is 9.15. The van der Waals surface area contributed by atoms with E-state index < -0.39 is 0 Å². The van der Waals surface area contributed by atoms with Crippen LogP contribution in [0, 0.1) is 5.92 Å². The van der Waals surface area contributed by atoms with E-state index in [0.29, 0.717) is 0 Å². The molecule has 1 heterocycles. The van der Waals surface area contributed by atoms with E-state index in [0.717, 1.165) is 31.8 Å².